The third kappa shape index (κ3) is 3.98. The maximum absolute atomic E-state index is 12.1. The van der Waals surface area contributed by atoms with Crippen LogP contribution in [0.5, 0.6) is 0 Å². The predicted octanol–water partition coefficient (Wildman–Crippen LogP) is 0.740. The van der Waals surface area contributed by atoms with Gasteiger partial charge in [-0.1, -0.05) is 20.8 Å². The molecule has 0 saturated carbocycles. The van der Waals surface area contributed by atoms with Gasteiger partial charge < -0.3 is 14.5 Å². The summed E-state index contributed by atoms with van der Waals surface area (Å²) in [5, 5.41) is 0. The van der Waals surface area contributed by atoms with Crippen LogP contribution in [-0.2, 0) is 14.3 Å². The molecule has 0 radical (unpaired) electrons. The molecular weight excluding hydrogens is 232 g/mol. The van der Waals surface area contributed by atoms with E-state index >= 15 is 0 Å². The Morgan fingerprint density at radius 2 is 1.56 bits per heavy atom. The minimum absolute atomic E-state index is 0.111. The van der Waals surface area contributed by atoms with Crippen molar-refractivity contribution in [3.8, 4) is 0 Å². The van der Waals surface area contributed by atoms with Crippen molar-refractivity contribution in [3.05, 3.63) is 0 Å². The van der Waals surface area contributed by atoms with Crippen molar-refractivity contribution in [2.75, 3.05) is 39.9 Å². The first kappa shape index (κ1) is 15.0. The van der Waals surface area contributed by atoms with Gasteiger partial charge in [0.15, 0.2) is 0 Å². The fraction of sp³-hybridized carbons (Fsp3) is 0.846. The fourth-order valence-electron chi connectivity index (χ4n) is 1.98. The highest BCUT2D eigenvalue weighted by Crippen LogP contribution is 2.18. The van der Waals surface area contributed by atoms with Crippen molar-refractivity contribution in [2.45, 2.75) is 27.2 Å². The molecule has 0 bridgehead atoms. The molecule has 0 aromatic rings. The third-order valence-corrected chi connectivity index (χ3v) is 3.08. The molecule has 1 rings (SSSR count). The Labute approximate surface area is 109 Å². The Bertz CT molecular complexity index is 302. The summed E-state index contributed by atoms with van der Waals surface area (Å²) < 4.78 is 4.90. The summed E-state index contributed by atoms with van der Waals surface area (Å²) in [6.07, 6.45) is 0.420. The summed E-state index contributed by atoms with van der Waals surface area (Å²) in [5.41, 5.74) is -0.345. The Kier molecular flexibility index (Phi) is 5.14. The maximum Gasteiger partial charge on any atom is 0.228 e. The van der Waals surface area contributed by atoms with E-state index in [2.05, 4.69) is 0 Å². The van der Waals surface area contributed by atoms with Crippen molar-refractivity contribution >= 4 is 11.8 Å². The van der Waals surface area contributed by atoms with Gasteiger partial charge in [0, 0.05) is 38.7 Å². The van der Waals surface area contributed by atoms with E-state index in [9.17, 15) is 9.59 Å². The van der Waals surface area contributed by atoms with Gasteiger partial charge in [0.2, 0.25) is 11.8 Å². The largest absolute Gasteiger partial charge is 0.384 e. The van der Waals surface area contributed by atoms with E-state index < -0.39 is 0 Å². The Morgan fingerprint density at radius 1 is 1.06 bits per heavy atom. The molecule has 104 valence electrons. The van der Waals surface area contributed by atoms with Crippen LogP contribution in [0.2, 0.25) is 0 Å². The van der Waals surface area contributed by atoms with Crippen LogP contribution in [0.1, 0.15) is 27.2 Å². The fourth-order valence-corrected chi connectivity index (χ4v) is 1.98. The van der Waals surface area contributed by atoms with Crippen molar-refractivity contribution in [2.24, 2.45) is 5.41 Å². The van der Waals surface area contributed by atoms with E-state index in [0.717, 1.165) is 0 Å². The van der Waals surface area contributed by atoms with Crippen LogP contribution in [-0.4, -0.2) is 61.5 Å². The zero-order valence-corrected chi connectivity index (χ0v) is 11.9. The molecule has 1 aliphatic rings. The van der Waals surface area contributed by atoms with Crippen LogP contribution in [0.15, 0.2) is 0 Å². The van der Waals surface area contributed by atoms with Crippen molar-refractivity contribution in [3.63, 3.8) is 0 Å². The van der Waals surface area contributed by atoms with Crippen molar-refractivity contribution in [1.82, 2.24) is 9.80 Å². The lowest BCUT2D eigenvalue weighted by atomic mass is 9.94. The van der Waals surface area contributed by atoms with Gasteiger partial charge in [-0.05, 0) is 0 Å². The summed E-state index contributed by atoms with van der Waals surface area (Å²) in [6.45, 7) is 8.75. The van der Waals surface area contributed by atoms with E-state index in [0.29, 0.717) is 39.2 Å². The minimum atomic E-state index is -0.345. The van der Waals surface area contributed by atoms with Crippen LogP contribution >= 0.6 is 0 Å². The zero-order chi connectivity index (χ0) is 13.8. The number of piperazine rings is 1. The molecule has 0 atom stereocenters. The topological polar surface area (TPSA) is 49.9 Å². The average Bonchev–Trinajstić information content (AvgIpc) is 2.34. The highest BCUT2D eigenvalue weighted by atomic mass is 16.5. The molecule has 0 aromatic carbocycles. The Balaban J connectivity index is 2.41. The number of nitrogens with zero attached hydrogens (tertiary/aromatic N) is 2. The standard InChI is InChI=1S/C13H24N2O3/c1-13(2,3)12(17)15-8-6-14(7-9-15)11(16)5-10-18-4/h5-10H2,1-4H3. The second-order valence-electron chi connectivity index (χ2n) is 5.67. The molecule has 1 heterocycles. The number of carbonyl (C=O) groups excluding carboxylic acids is 2. The quantitative estimate of drug-likeness (QED) is 0.748. The lowest BCUT2D eigenvalue weighted by Gasteiger charge is -2.37. The van der Waals surface area contributed by atoms with Gasteiger partial charge in [0.05, 0.1) is 13.0 Å². The molecule has 0 aromatic heterocycles. The zero-order valence-electron chi connectivity index (χ0n) is 11.9. The van der Waals surface area contributed by atoms with Gasteiger partial charge in [-0.25, -0.2) is 0 Å². The van der Waals surface area contributed by atoms with Gasteiger partial charge in [-0.3, -0.25) is 9.59 Å². The molecule has 2 amide bonds. The van der Waals surface area contributed by atoms with Crippen LogP contribution < -0.4 is 0 Å². The van der Waals surface area contributed by atoms with Gasteiger partial charge in [0.1, 0.15) is 0 Å². The highest BCUT2D eigenvalue weighted by Gasteiger charge is 2.30. The third-order valence-electron chi connectivity index (χ3n) is 3.08. The summed E-state index contributed by atoms with van der Waals surface area (Å²) in [4.78, 5) is 27.5. The second kappa shape index (κ2) is 6.18. The smallest absolute Gasteiger partial charge is 0.228 e. The lowest BCUT2D eigenvalue weighted by molar-refractivity contribution is -0.145. The first-order chi connectivity index (χ1) is 8.36. The summed E-state index contributed by atoms with van der Waals surface area (Å²) in [5.74, 6) is 0.270. The van der Waals surface area contributed by atoms with Crippen LogP contribution in [0, 0.1) is 5.41 Å². The van der Waals surface area contributed by atoms with E-state index in [1.54, 1.807) is 7.11 Å². The lowest BCUT2D eigenvalue weighted by Crippen LogP contribution is -2.53. The number of rotatable bonds is 3. The van der Waals surface area contributed by atoms with Crippen LogP contribution in [0.3, 0.4) is 0 Å². The normalized spacial score (nSPS) is 16.9. The predicted molar refractivity (Wildman–Crippen MR) is 69.1 cm³/mol. The molecule has 1 saturated heterocycles. The molecule has 5 nitrogen and oxygen atoms in total. The molecule has 1 aliphatic heterocycles. The van der Waals surface area contributed by atoms with E-state index in [1.807, 2.05) is 30.6 Å². The van der Waals surface area contributed by atoms with Crippen molar-refractivity contribution < 1.29 is 14.3 Å². The van der Waals surface area contributed by atoms with Gasteiger partial charge in [-0.15, -0.1) is 0 Å². The molecule has 18 heavy (non-hydrogen) atoms. The number of hydrogen-bond acceptors (Lipinski definition) is 3. The molecule has 0 unspecified atom stereocenters. The van der Waals surface area contributed by atoms with Gasteiger partial charge in [-0.2, -0.15) is 0 Å². The van der Waals surface area contributed by atoms with Gasteiger partial charge >= 0.3 is 0 Å². The summed E-state index contributed by atoms with van der Waals surface area (Å²) in [6, 6.07) is 0. The second-order valence-corrected chi connectivity index (χ2v) is 5.67. The van der Waals surface area contributed by atoms with E-state index in [4.69, 9.17) is 4.74 Å². The van der Waals surface area contributed by atoms with Gasteiger partial charge in [0.25, 0.3) is 0 Å². The SMILES string of the molecule is COCCC(=O)N1CCN(C(=O)C(C)(C)C)CC1. The monoisotopic (exact) mass is 256 g/mol. The maximum atomic E-state index is 12.1. The molecular formula is C13H24N2O3. The molecule has 5 heteroatoms. The molecule has 1 fully saturated rings. The number of hydrogen-bond donors (Lipinski definition) is 0. The highest BCUT2D eigenvalue weighted by molar-refractivity contribution is 5.82. The first-order valence-electron chi connectivity index (χ1n) is 6.42. The number of carbonyl (C=O) groups is 2. The molecule has 0 aliphatic carbocycles. The van der Waals surface area contributed by atoms with E-state index in [-0.39, 0.29) is 17.2 Å². The van der Waals surface area contributed by atoms with Crippen molar-refractivity contribution in [1.29, 1.82) is 0 Å². The minimum Gasteiger partial charge on any atom is -0.384 e. The Hall–Kier alpha value is -1.10. The average molecular weight is 256 g/mol. The summed E-state index contributed by atoms with van der Waals surface area (Å²) >= 11 is 0. The van der Waals surface area contributed by atoms with E-state index in [1.165, 1.54) is 0 Å². The molecule has 0 N–H and O–H groups in total. The van der Waals surface area contributed by atoms with Crippen LogP contribution in [0.4, 0.5) is 0 Å². The number of amides is 2. The number of ether oxygens (including phenoxy) is 1. The first-order valence-corrected chi connectivity index (χ1v) is 6.42. The summed E-state index contributed by atoms with van der Waals surface area (Å²) in [7, 11) is 1.59. The van der Waals surface area contributed by atoms with Crippen LogP contribution in [0.25, 0.3) is 0 Å². The Morgan fingerprint density at radius 3 is 2.00 bits per heavy atom. The molecule has 0 spiro atoms. The number of methoxy groups -OCH3 is 1.